The van der Waals surface area contributed by atoms with E-state index in [1.807, 2.05) is 22.8 Å². The summed E-state index contributed by atoms with van der Waals surface area (Å²) >= 11 is 0. The maximum atomic E-state index is 13.2. The highest BCUT2D eigenvalue weighted by Crippen LogP contribution is 2.23. The molecular formula is C21H25N7O. The third-order valence-electron chi connectivity index (χ3n) is 5.17. The van der Waals surface area contributed by atoms with Crippen LogP contribution in [0.1, 0.15) is 31.9 Å². The number of pyridine rings is 1. The van der Waals surface area contributed by atoms with Crippen LogP contribution in [-0.2, 0) is 20.1 Å². The summed E-state index contributed by atoms with van der Waals surface area (Å²) in [6.07, 6.45) is 5.23. The minimum absolute atomic E-state index is 0.132. The molecule has 0 unspecified atom stereocenters. The van der Waals surface area contributed by atoms with Crippen molar-refractivity contribution in [1.29, 1.82) is 0 Å². The van der Waals surface area contributed by atoms with Crippen LogP contribution in [0, 0.1) is 11.8 Å². The number of anilines is 2. The van der Waals surface area contributed by atoms with Crippen LogP contribution in [0.4, 0.5) is 11.9 Å². The number of hydrogen-bond acceptors (Lipinski definition) is 6. The van der Waals surface area contributed by atoms with Crippen molar-refractivity contribution < 1.29 is 0 Å². The van der Waals surface area contributed by atoms with Crippen molar-refractivity contribution in [3.63, 3.8) is 0 Å². The first-order chi connectivity index (χ1) is 14.2. The number of aromatic nitrogens is 5. The minimum atomic E-state index is -0.132. The van der Waals surface area contributed by atoms with E-state index in [9.17, 15) is 4.79 Å². The van der Waals surface area contributed by atoms with Gasteiger partial charge in [-0.3, -0.25) is 18.9 Å². The van der Waals surface area contributed by atoms with E-state index in [1.165, 1.54) is 11.0 Å². The first kappa shape index (κ1) is 19.0. The third kappa shape index (κ3) is 3.81. The molecule has 0 spiro atoms. The predicted octanol–water partition coefficient (Wildman–Crippen LogP) is 2.15. The quantitative estimate of drug-likeness (QED) is 0.672. The molecule has 0 atom stereocenters. The van der Waals surface area contributed by atoms with E-state index in [2.05, 4.69) is 32.0 Å². The molecule has 1 aliphatic rings. The predicted molar refractivity (Wildman–Crippen MR) is 114 cm³/mol. The second-order valence-corrected chi connectivity index (χ2v) is 7.12. The number of fused-ring (bicyclic) bond motifs is 1. The maximum absolute atomic E-state index is 13.2. The van der Waals surface area contributed by atoms with Gasteiger partial charge in [0.05, 0.1) is 18.8 Å². The van der Waals surface area contributed by atoms with E-state index < -0.39 is 0 Å². The van der Waals surface area contributed by atoms with Gasteiger partial charge in [0.2, 0.25) is 11.9 Å². The van der Waals surface area contributed by atoms with Crippen molar-refractivity contribution in [3.8, 4) is 11.8 Å². The molecule has 8 nitrogen and oxygen atoms in total. The molecule has 1 fully saturated rings. The summed E-state index contributed by atoms with van der Waals surface area (Å²) in [6, 6.07) is 5.73. The van der Waals surface area contributed by atoms with Crippen LogP contribution < -0.4 is 15.8 Å². The summed E-state index contributed by atoms with van der Waals surface area (Å²) < 4.78 is 3.44. The van der Waals surface area contributed by atoms with Crippen LogP contribution in [0.2, 0.25) is 0 Å². The molecule has 0 radical (unpaired) electrons. The second-order valence-electron chi connectivity index (χ2n) is 7.12. The molecule has 1 aliphatic heterocycles. The molecule has 4 heterocycles. The van der Waals surface area contributed by atoms with Crippen LogP contribution in [-0.4, -0.2) is 37.2 Å². The van der Waals surface area contributed by atoms with E-state index in [0.717, 1.165) is 37.6 Å². The molecule has 0 aliphatic carbocycles. The average molecular weight is 391 g/mol. The molecule has 0 saturated carbocycles. The molecule has 1 saturated heterocycles. The van der Waals surface area contributed by atoms with Crippen molar-refractivity contribution in [2.75, 3.05) is 23.3 Å². The number of imidazole rings is 1. The van der Waals surface area contributed by atoms with Gasteiger partial charge in [-0.1, -0.05) is 12.0 Å². The molecule has 29 heavy (non-hydrogen) atoms. The largest absolute Gasteiger partial charge is 0.350 e. The van der Waals surface area contributed by atoms with Gasteiger partial charge in [0.25, 0.3) is 5.56 Å². The maximum Gasteiger partial charge on any atom is 0.281 e. The lowest BCUT2D eigenvalue weighted by Gasteiger charge is -2.27. The van der Waals surface area contributed by atoms with E-state index in [0.29, 0.717) is 30.2 Å². The molecule has 150 valence electrons. The molecule has 4 rings (SSSR count). The zero-order valence-corrected chi connectivity index (χ0v) is 16.9. The highest BCUT2D eigenvalue weighted by molar-refractivity contribution is 5.75. The Morgan fingerprint density at radius 2 is 2.00 bits per heavy atom. The van der Waals surface area contributed by atoms with Gasteiger partial charge in [0.15, 0.2) is 11.2 Å². The standard InChI is InChI=1S/C21H25N7O/c1-3-4-14-28-17-18(25-21(28)27-12-8-5-9-13-27)24-20(26(2)19(17)29)23-15-16-10-6-7-11-22-16/h6-7,10-11H,5,8-9,12-15H2,1-2H3,(H,23,24). The van der Waals surface area contributed by atoms with E-state index in [4.69, 9.17) is 4.98 Å². The summed E-state index contributed by atoms with van der Waals surface area (Å²) in [5.41, 5.74) is 1.70. The molecule has 8 heteroatoms. The summed E-state index contributed by atoms with van der Waals surface area (Å²) in [4.78, 5) is 29.1. The molecule has 0 bridgehead atoms. The SMILES string of the molecule is CC#CCn1c(N2CCCCC2)nc2nc(NCc3ccccn3)n(C)c(=O)c21. The third-order valence-corrected chi connectivity index (χ3v) is 5.17. The number of nitrogens with zero attached hydrogens (tertiary/aromatic N) is 6. The van der Waals surface area contributed by atoms with E-state index in [-0.39, 0.29) is 5.56 Å². The lowest BCUT2D eigenvalue weighted by molar-refractivity contribution is 0.561. The normalized spacial score (nSPS) is 13.9. The Morgan fingerprint density at radius 1 is 1.17 bits per heavy atom. The topological polar surface area (TPSA) is 80.9 Å². The van der Waals surface area contributed by atoms with Gasteiger partial charge >= 0.3 is 0 Å². The van der Waals surface area contributed by atoms with Crippen LogP contribution in [0.5, 0.6) is 0 Å². The fraction of sp³-hybridized carbons (Fsp3) is 0.429. The van der Waals surface area contributed by atoms with Crippen molar-refractivity contribution in [2.24, 2.45) is 7.05 Å². The molecule has 3 aromatic heterocycles. The lowest BCUT2D eigenvalue weighted by atomic mass is 10.1. The first-order valence-corrected chi connectivity index (χ1v) is 9.94. The summed E-state index contributed by atoms with van der Waals surface area (Å²) in [7, 11) is 1.72. The van der Waals surface area contributed by atoms with Gasteiger partial charge in [-0.2, -0.15) is 9.97 Å². The molecular weight excluding hydrogens is 366 g/mol. The zero-order valence-electron chi connectivity index (χ0n) is 16.9. The Morgan fingerprint density at radius 3 is 2.72 bits per heavy atom. The van der Waals surface area contributed by atoms with Crippen molar-refractivity contribution in [3.05, 3.63) is 40.4 Å². The van der Waals surface area contributed by atoms with Crippen molar-refractivity contribution in [2.45, 2.75) is 39.3 Å². The average Bonchev–Trinajstić information content (AvgIpc) is 3.13. The van der Waals surface area contributed by atoms with Gasteiger partial charge in [0, 0.05) is 26.3 Å². The van der Waals surface area contributed by atoms with Gasteiger partial charge in [-0.25, -0.2) is 0 Å². The Bertz CT molecular complexity index is 1120. The summed E-state index contributed by atoms with van der Waals surface area (Å²) in [6.45, 7) is 4.59. The highest BCUT2D eigenvalue weighted by Gasteiger charge is 2.22. The number of nitrogens with one attached hydrogen (secondary N) is 1. The monoisotopic (exact) mass is 391 g/mol. The van der Waals surface area contributed by atoms with Gasteiger partial charge < -0.3 is 10.2 Å². The Kier molecular flexibility index (Phi) is 5.47. The summed E-state index contributed by atoms with van der Waals surface area (Å²) in [5.74, 6) is 7.26. The molecule has 0 aromatic carbocycles. The molecule has 3 aromatic rings. The van der Waals surface area contributed by atoms with E-state index in [1.54, 1.807) is 20.2 Å². The van der Waals surface area contributed by atoms with Crippen LogP contribution in [0.15, 0.2) is 29.2 Å². The number of piperidine rings is 1. The highest BCUT2D eigenvalue weighted by atomic mass is 16.1. The molecule has 0 amide bonds. The fourth-order valence-electron chi connectivity index (χ4n) is 3.62. The second kappa shape index (κ2) is 8.35. The van der Waals surface area contributed by atoms with Crippen molar-refractivity contribution in [1.82, 2.24) is 24.1 Å². The minimum Gasteiger partial charge on any atom is -0.350 e. The lowest BCUT2D eigenvalue weighted by Crippen LogP contribution is -2.32. The van der Waals surface area contributed by atoms with Gasteiger partial charge in [-0.15, -0.1) is 5.92 Å². The van der Waals surface area contributed by atoms with Crippen LogP contribution in [0.25, 0.3) is 11.2 Å². The van der Waals surface area contributed by atoms with Crippen LogP contribution >= 0.6 is 0 Å². The number of hydrogen-bond donors (Lipinski definition) is 1. The summed E-state index contributed by atoms with van der Waals surface area (Å²) in [5, 5.41) is 3.21. The van der Waals surface area contributed by atoms with Crippen LogP contribution in [0.3, 0.4) is 0 Å². The zero-order chi connectivity index (χ0) is 20.2. The number of rotatable bonds is 5. The first-order valence-electron chi connectivity index (χ1n) is 9.94. The fourth-order valence-corrected chi connectivity index (χ4v) is 3.62. The van der Waals surface area contributed by atoms with Crippen molar-refractivity contribution >= 4 is 23.1 Å². The van der Waals surface area contributed by atoms with Gasteiger partial charge in [-0.05, 0) is 38.3 Å². The Hall–Kier alpha value is -3.34. The Balaban J connectivity index is 1.76. The van der Waals surface area contributed by atoms with E-state index >= 15 is 0 Å². The molecule has 1 N–H and O–H groups in total. The smallest absolute Gasteiger partial charge is 0.281 e. The van der Waals surface area contributed by atoms with Gasteiger partial charge in [0.1, 0.15) is 0 Å². The Labute approximate surface area is 169 Å².